The number of pyridine rings is 1. The first-order valence-corrected chi connectivity index (χ1v) is 12.3. The third-order valence-electron chi connectivity index (χ3n) is 6.22. The number of carbonyl (C=O) groups is 1. The monoisotopic (exact) mass is 523 g/mol. The highest BCUT2D eigenvalue weighted by Gasteiger charge is 2.32. The van der Waals surface area contributed by atoms with Gasteiger partial charge in [-0.25, -0.2) is 4.39 Å². The zero-order chi connectivity index (χ0) is 25.6. The molecule has 1 aliphatic rings. The fourth-order valence-corrected chi connectivity index (χ4v) is 4.73. The Hall–Kier alpha value is -3.19. The number of aromatic hydroxyl groups is 1. The Labute approximate surface area is 218 Å². The molecule has 0 unspecified atom stereocenters. The minimum Gasteiger partial charge on any atom is -0.505 e. The van der Waals surface area contributed by atoms with Gasteiger partial charge in [-0.1, -0.05) is 35.3 Å². The van der Waals surface area contributed by atoms with Gasteiger partial charge in [-0.15, -0.1) is 0 Å². The molecule has 5 rings (SSSR count). The number of carbonyl (C=O) groups excluding carboxylic acids is 1. The minimum absolute atomic E-state index is 0.0121. The number of benzene rings is 3. The summed E-state index contributed by atoms with van der Waals surface area (Å²) in [6.07, 6.45) is 3.24. The Morgan fingerprint density at radius 1 is 1.11 bits per heavy atom. The van der Waals surface area contributed by atoms with Crippen molar-refractivity contribution in [3.05, 3.63) is 81.7 Å². The molecule has 2 N–H and O–H groups in total. The third-order valence-corrected chi connectivity index (χ3v) is 6.80. The van der Waals surface area contributed by atoms with Gasteiger partial charge in [0, 0.05) is 41.4 Å². The predicted molar refractivity (Wildman–Crippen MR) is 143 cm³/mol. The number of nitrogens with one attached hydrogen (secondary N) is 1. The molecule has 0 radical (unpaired) electrons. The Kier molecular flexibility index (Phi) is 6.60. The van der Waals surface area contributed by atoms with E-state index in [1.165, 1.54) is 24.4 Å². The molecule has 1 saturated carbocycles. The topological polar surface area (TPSA) is 65.5 Å². The van der Waals surface area contributed by atoms with Crippen molar-refractivity contribution in [1.82, 2.24) is 9.88 Å². The number of phenols is 1. The smallest absolute Gasteiger partial charge is 0.169 e. The first-order chi connectivity index (χ1) is 17.2. The van der Waals surface area contributed by atoms with Crippen LogP contribution in [0.5, 0.6) is 5.75 Å². The number of fused-ring (bicyclic) bond motifs is 1. The molecule has 0 spiro atoms. The summed E-state index contributed by atoms with van der Waals surface area (Å²) in [6, 6.07) is 13.9. The summed E-state index contributed by atoms with van der Waals surface area (Å²) >= 11 is 12.2. The lowest BCUT2D eigenvalue weighted by Gasteiger charge is -2.17. The summed E-state index contributed by atoms with van der Waals surface area (Å²) in [5.74, 6) is -0.768. The van der Waals surface area contributed by atoms with Crippen LogP contribution in [0.2, 0.25) is 10.0 Å². The zero-order valence-corrected chi connectivity index (χ0v) is 21.3. The first-order valence-electron chi connectivity index (χ1n) is 11.6. The number of hydrogen-bond donors (Lipinski definition) is 2. The Morgan fingerprint density at radius 2 is 1.78 bits per heavy atom. The maximum absolute atomic E-state index is 15.2. The molecule has 0 aliphatic heterocycles. The number of nitrogens with zero attached hydrogens (tertiary/aromatic N) is 2. The highest BCUT2D eigenvalue weighted by atomic mass is 35.5. The van der Waals surface area contributed by atoms with Gasteiger partial charge >= 0.3 is 0 Å². The fourth-order valence-electron chi connectivity index (χ4n) is 4.25. The van der Waals surface area contributed by atoms with Gasteiger partial charge in [-0.2, -0.15) is 0 Å². The van der Waals surface area contributed by atoms with Crippen LogP contribution in [0.4, 0.5) is 15.8 Å². The van der Waals surface area contributed by atoms with E-state index in [2.05, 4.69) is 15.2 Å². The quantitative estimate of drug-likeness (QED) is 0.246. The molecule has 1 heterocycles. The van der Waals surface area contributed by atoms with Crippen molar-refractivity contribution in [2.45, 2.75) is 19.4 Å². The molecule has 0 atom stereocenters. The molecular formula is C28H24Cl2FN3O2. The number of ketones is 1. The van der Waals surface area contributed by atoms with Crippen molar-refractivity contribution in [3.8, 4) is 16.9 Å². The van der Waals surface area contributed by atoms with Gasteiger partial charge in [-0.05, 0) is 68.4 Å². The van der Waals surface area contributed by atoms with Crippen LogP contribution in [-0.4, -0.2) is 34.9 Å². The normalized spacial score (nSPS) is 13.4. The minimum atomic E-state index is -0.520. The highest BCUT2D eigenvalue weighted by molar-refractivity contribution is 6.37. The zero-order valence-electron chi connectivity index (χ0n) is 19.8. The summed E-state index contributed by atoms with van der Waals surface area (Å²) in [5, 5.41) is 14.0. The Balaban J connectivity index is 1.65. The van der Waals surface area contributed by atoms with Gasteiger partial charge in [0.15, 0.2) is 11.5 Å². The molecule has 36 heavy (non-hydrogen) atoms. The van der Waals surface area contributed by atoms with Crippen LogP contribution in [-0.2, 0) is 6.54 Å². The summed E-state index contributed by atoms with van der Waals surface area (Å²) in [5.41, 5.74) is 4.05. The number of aromatic nitrogens is 1. The van der Waals surface area contributed by atoms with Gasteiger partial charge in [-0.3, -0.25) is 9.78 Å². The summed E-state index contributed by atoms with van der Waals surface area (Å²) in [4.78, 5) is 19.7. The SMILES string of the molecule is CN(C)Cc1ccc(Nc2c(C(=O)C3CC3)cnc3cc(F)c(-c4cc(Cl)c(O)c(Cl)c4)cc23)cc1. The van der Waals surface area contributed by atoms with Gasteiger partial charge in [0.2, 0.25) is 0 Å². The summed E-state index contributed by atoms with van der Waals surface area (Å²) in [6.45, 7) is 0.810. The van der Waals surface area contributed by atoms with Crippen LogP contribution >= 0.6 is 23.2 Å². The van der Waals surface area contributed by atoms with E-state index in [0.29, 0.717) is 27.7 Å². The van der Waals surface area contributed by atoms with Crippen LogP contribution in [0.25, 0.3) is 22.0 Å². The first kappa shape index (κ1) is 24.5. The number of halogens is 3. The summed E-state index contributed by atoms with van der Waals surface area (Å²) < 4.78 is 15.2. The van der Waals surface area contributed by atoms with E-state index in [9.17, 15) is 9.90 Å². The van der Waals surface area contributed by atoms with E-state index in [-0.39, 0.29) is 33.1 Å². The summed E-state index contributed by atoms with van der Waals surface area (Å²) in [7, 11) is 4.02. The lowest BCUT2D eigenvalue weighted by molar-refractivity contribution is 0.0968. The number of rotatable bonds is 7. The highest BCUT2D eigenvalue weighted by Crippen LogP contribution is 2.41. The van der Waals surface area contributed by atoms with E-state index in [4.69, 9.17) is 23.2 Å². The molecule has 3 aromatic carbocycles. The van der Waals surface area contributed by atoms with E-state index in [1.54, 1.807) is 6.07 Å². The fraction of sp³-hybridized carbons (Fsp3) is 0.214. The molecular weight excluding hydrogens is 500 g/mol. The second-order valence-corrected chi connectivity index (χ2v) is 10.2. The molecule has 1 aromatic heterocycles. The van der Waals surface area contributed by atoms with Gasteiger partial charge in [0.1, 0.15) is 5.82 Å². The number of phenolic OH excluding ortho intramolecular Hbond substituents is 1. The number of hydrogen-bond acceptors (Lipinski definition) is 5. The molecule has 1 fully saturated rings. The van der Waals surface area contributed by atoms with Crippen LogP contribution in [0.15, 0.2) is 54.7 Å². The second-order valence-electron chi connectivity index (χ2n) is 9.38. The van der Waals surface area contributed by atoms with E-state index in [0.717, 1.165) is 30.6 Å². The molecule has 5 nitrogen and oxygen atoms in total. The van der Waals surface area contributed by atoms with Gasteiger partial charge in [0.25, 0.3) is 0 Å². The Bertz CT molecular complexity index is 1460. The molecule has 0 bridgehead atoms. The predicted octanol–water partition coefficient (Wildman–Crippen LogP) is 7.45. The van der Waals surface area contributed by atoms with Crippen molar-refractivity contribution in [2.75, 3.05) is 19.4 Å². The van der Waals surface area contributed by atoms with Crippen molar-refractivity contribution in [1.29, 1.82) is 0 Å². The lowest BCUT2D eigenvalue weighted by atomic mass is 9.98. The van der Waals surface area contributed by atoms with Crippen LogP contribution < -0.4 is 5.32 Å². The lowest BCUT2D eigenvalue weighted by Crippen LogP contribution is -2.10. The van der Waals surface area contributed by atoms with Crippen molar-refractivity contribution < 1.29 is 14.3 Å². The molecule has 0 saturated heterocycles. The second kappa shape index (κ2) is 9.69. The standard InChI is InChI=1S/C28H24Cl2FN3O2/c1-34(2)14-15-3-7-18(8-4-15)33-26-20-11-19(17-9-22(29)28(36)23(30)10-17)24(31)12-25(20)32-13-21(26)27(35)16-5-6-16/h3-4,7-13,16,36H,5-6,14H2,1-2H3,(H,32,33). The average molecular weight is 524 g/mol. The van der Waals surface area contributed by atoms with Crippen LogP contribution in [0, 0.1) is 11.7 Å². The average Bonchev–Trinajstić information content (AvgIpc) is 3.68. The molecule has 8 heteroatoms. The third kappa shape index (κ3) is 4.89. The van der Waals surface area contributed by atoms with E-state index >= 15 is 4.39 Å². The van der Waals surface area contributed by atoms with Gasteiger partial charge in [0.05, 0.1) is 26.8 Å². The molecule has 1 aliphatic carbocycles. The Morgan fingerprint density at radius 3 is 2.39 bits per heavy atom. The number of anilines is 2. The van der Waals surface area contributed by atoms with Crippen LogP contribution in [0.1, 0.15) is 28.8 Å². The number of Topliss-reactive ketones (excluding diaryl/α,β-unsaturated/α-hetero) is 1. The molecule has 0 amide bonds. The van der Waals surface area contributed by atoms with E-state index < -0.39 is 5.82 Å². The molecule has 4 aromatic rings. The largest absolute Gasteiger partial charge is 0.505 e. The maximum atomic E-state index is 15.2. The van der Waals surface area contributed by atoms with Gasteiger partial charge < -0.3 is 15.3 Å². The van der Waals surface area contributed by atoms with Crippen molar-refractivity contribution >= 4 is 51.3 Å². The van der Waals surface area contributed by atoms with Crippen molar-refractivity contribution in [2.24, 2.45) is 5.92 Å². The van der Waals surface area contributed by atoms with Crippen molar-refractivity contribution in [3.63, 3.8) is 0 Å². The maximum Gasteiger partial charge on any atom is 0.169 e. The van der Waals surface area contributed by atoms with E-state index in [1.807, 2.05) is 38.4 Å². The van der Waals surface area contributed by atoms with Crippen LogP contribution in [0.3, 0.4) is 0 Å². The molecule has 184 valence electrons.